The van der Waals surface area contributed by atoms with E-state index in [2.05, 4.69) is 22.9 Å². The van der Waals surface area contributed by atoms with Gasteiger partial charge in [0.1, 0.15) is 5.75 Å². The van der Waals surface area contributed by atoms with Crippen LogP contribution in [-0.4, -0.2) is 31.0 Å². The predicted octanol–water partition coefficient (Wildman–Crippen LogP) is 3.66. The molecule has 0 aliphatic rings. The van der Waals surface area contributed by atoms with Crippen molar-refractivity contribution in [1.29, 1.82) is 0 Å². The molecule has 144 valence electrons. The van der Waals surface area contributed by atoms with Gasteiger partial charge in [0.05, 0.1) is 13.2 Å². The van der Waals surface area contributed by atoms with Crippen LogP contribution in [0.5, 0.6) is 5.75 Å². The van der Waals surface area contributed by atoms with E-state index in [1.54, 1.807) is 24.3 Å². The molecule has 2 rings (SSSR count). The molecule has 2 aromatic carbocycles. The summed E-state index contributed by atoms with van der Waals surface area (Å²) in [6.07, 6.45) is 0.942. The van der Waals surface area contributed by atoms with Crippen LogP contribution in [0.15, 0.2) is 48.5 Å². The molecule has 0 fully saturated rings. The monoisotopic (exact) mass is 369 g/mol. The number of nitrogens with one attached hydrogen (secondary N) is 3. The number of hydrogen-bond donors (Lipinski definition) is 3. The molecule has 0 aromatic heterocycles. The maximum absolute atomic E-state index is 12.1. The highest BCUT2D eigenvalue weighted by atomic mass is 16.5. The standard InChI is InChI=1S/C21H27N3O3/c1-4-12-27-19-7-5-6-18(13-19)22-14-20(25)24-17-10-8-16(9-11-17)21(26)23-15(2)3/h5-11,13,15,22H,4,12,14H2,1-3H3,(H,23,26)(H,24,25). The van der Waals surface area contributed by atoms with E-state index in [9.17, 15) is 9.59 Å². The Labute approximate surface area is 160 Å². The second-order valence-corrected chi connectivity index (χ2v) is 6.48. The summed E-state index contributed by atoms with van der Waals surface area (Å²) in [6, 6.07) is 14.4. The maximum Gasteiger partial charge on any atom is 0.251 e. The number of carbonyl (C=O) groups excluding carboxylic acids is 2. The third kappa shape index (κ3) is 7.01. The van der Waals surface area contributed by atoms with Crippen LogP contribution in [0.1, 0.15) is 37.6 Å². The summed E-state index contributed by atoms with van der Waals surface area (Å²) >= 11 is 0. The van der Waals surface area contributed by atoms with Crippen molar-refractivity contribution >= 4 is 23.2 Å². The number of carbonyl (C=O) groups is 2. The van der Waals surface area contributed by atoms with Crippen molar-refractivity contribution in [3.05, 3.63) is 54.1 Å². The van der Waals surface area contributed by atoms with E-state index in [1.165, 1.54) is 0 Å². The molecular formula is C21H27N3O3. The highest BCUT2D eigenvalue weighted by molar-refractivity contribution is 5.96. The van der Waals surface area contributed by atoms with Crippen LogP contribution in [0.3, 0.4) is 0 Å². The lowest BCUT2D eigenvalue weighted by Crippen LogP contribution is -2.30. The number of anilines is 2. The van der Waals surface area contributed by atoms with Crippen molar-refractivity contribution in [2.24, 2.45) is 0 Å². The van der Waals surface area contributed by atoms with Gasteiger partial charge < -0.3 is 20.7 Å². The number of benzene rings is 2. The summed E-state index contributed by atoms with van der Waals surface area (Å²) in [5, 5.41) is 8.71. The number of rotatable bonds is 9. The first-order valence-electron chi connectivity index (χ1n) is 9.15. The Kier molecular flexibility index (Phi) is 7.67. The zero-order valence-electron chi connectivity index (χ0n) is 16.0. The van der Waals surface area contributed by atoms with Crippen molar-refractivity contribution in [3.8, 4) is 5.75 Å². The Morgan fingerprint density at radius 3 is 2.44 bits per heavy atom. The maximum atomic E-state index is 12.1. The second-order valence-electron chi connectivity index (χ2n) is 6.48. The summed E-state index contributed by atoms with van der Waals surface area (Å²) in [7, 11) is 0. The average molecular weight is 369 g/mol. The van der Waals surface area contributed by atoms with E-state index < -0.39 is 0 Å². The van der Waals surface area contributed by atoms with Gasteiger partial charge in [0.25, 0.3) is 5.91 Å². The van der Waals surface area contributed by atoms with Crippen LogP contribution in [0.25, 0.3) is 0 Å². The predicted molar refractivity (Wildman–Crippen MR) is 108 cm³/mol. The molecule has 0 aliphatic carbocycles. The SMILES string of the molecule is CCCOc1cccc(NCC(=O)Nc2ccc(C(=O)NC(C)C)cc2)c1. The number of amides is 2. The zero-order valence-corrected chi connectivity index (χ0v) is 16.0. The Morgan fingerprint density at radius 1 is 1.04 bits per heavy atom. The lowest BCUT2D eigenvalue weighted by molar-refractivity contribution is -0.114. The molecule has 0 heterocycles. The molecule has 2 aromatic rings. The lowest BCUT2D eigenvalue weighted by atomic mass is 10.2. The fraction of sp³-hybridized carbons (Fsp3) is 0.333. The highest BCUT2D eigenvalue weighted by Gasteiger charge is 2.08. The smallest absolute Gasteiger partial charge is 0.251 e. The van der Waals surface area contributed by atoms with Crippen LogP contribution in [0.2, 0.25) is 0 Å². The molecule has 3 N–H and O–H groups in total. The van der Waals surface area contributed by atoms with Crippen molar-refractivity contribution in [2.75, 3.05) is 23.8 Å². The third-order valence-electron chi connectivity index (χ3n) is 3.61. The van der Waals surface area contributed by atoms with Gasteiger partial charge in [-0.25, -0.2) is 0 Å². The highest BCUT2D eigenvalue weighted by Crippen LogP contribution is 2.17. The van der Waals surface area contributed by atoms with E-state index in [0.717, 1.165) is 17.9 Å². The minimum Gasteiger partial charge on any atom is -0.494 e. The minimum absolute atomic E-state index is 0.0776. The van der Waals surface area contributed by atoms with Gasteiger partial charge in [-0.1, -0.05) is 13.0 Å². The van der Waals surface area contributed by atoms with E-state index in [4.69, 9.17) is 4.74 Å². The van der Waals surface area contributed by atoms with Gasteiger partial charge in [-0.15, -0.1) is 0 Å². The van der Waals surface area contributed by atoms with Crippen molar-refractivity contribution in [2.45, 2.75) is 33.2 Å². The van der Waals surface area contributed by atoms with Gasteiger partial charge in [0.15, 0.2) is 0 Å². The molecule has 6 heteroatoms. The van der Waals surface area contributed by atoms with Gasteiger partial charge in [-0.3, -0.25) is 9.59 Å². The van der Waals surface area contributed by atoms with Gasteiger partial charge in [-0.05, 0) is 56.7 Å². The molecule has 0 saturated heterocycles. The molecule has 0 spiro atoms. The Balaban J connectivity index is 1.84. The van der Waals surface area contributed by atoms with Crippen molar-refractivity contribution in [3.63, 3.8) is 0 Å². The molecule has 0 bridgehead atoms. The molecule has 2 amide bonds. The quantitative estimate of drug-likeness (QED) is 0.630. The largest absolute Gasteiger partial charge is 0.494 e. The van der Waals surface area contributed by atoms with Gasteiger partial charge in [0.2, 0.25) is 5.91 Å². The zero-order chi connectivity index (χ0) is 19.6. The van der Waals surface area contributed by atoms with Crippen LogP contribution in [-0.2, 0) is 4.79 Å². The van der Waals surface area contributed by atoms with Crippen LogP contribution in [0.4, 0.5) is 11.4 Å². The number of ether oxygens (including phenoxy) is 1. The minimum atomic E-state index is -0.172. The molecule has 0 saturated carbocycles. The summed E-state index contributed by atoms with van der Waals surface area (Å²) < 4.78 is 5.58. The van der Waals surface area contributed by atoms with Gasteiger partial charge in [-0.2, -0.15) is 0 Å². The first kappa shape index (κ1) is 20.3. The first-order valence-corrected chi connectivity index (χ1v) is 9.15. The van der Waals surface area contributed by atoms with E-state index >= 15 is 0 Å². The average Bonchev–Trinajstić information content (AvgIpc) is 2.65. The molecule has 6 nitrogen and oxygen atoms in total. The Bertz CT molecular complexity index is 758. The molecule has 0 unspecified atom stereocenters. The van der Waals surface area contributed by atoms with Gasteiger partial charge >= 0.3 is 0 Å². The van der Waals surface area contributed by atoms with Crippen LogP contribution < -0.4 is 20.7 Å². The van der Waals surface area contributed by atoms with Crippen LogP contribution in [0, 0.1) is 0 Å². The Morgan fingerprint density at radius 2 is 1.78 bits per heavy atom. The normalized spacial score (nSPS) is 10.4. The Hall–Kier alpha value is -3.02. The van der Waals surface area contributed by atoms with Crippen molar-refractivity contribution in [1.82, 2.24) is 5.32 Å². The number of hydrogen-bond acceptors (Lipinski definition) is 4. The lowest BCUT2D eigenvalue weighted by Gasteiger charge is -2.11. The topological polar surface area (TPSA) is 79.5 Å². The van der Waals surface area contributed by atoms with E-state index in [1.807, 2.05) is 38.1 Å². The summed E-state index contributed by atoms with van der Waals surface area (Å²) in [5.41, 5.74) is 2.02. The van der Waals surface area contributed by atoms with E-state index in [0.29, 0.717) is 17.9 Å². The summed E-state index contributed by atoms with van der Waals surface area (Å²) in [4.78, 5) is 24.0. The van der Waals surface area contributed by atoms with Crippen molar-refractivity contribution < 1.29 is 14.3 Å². The molecule has 0 aliphatic heterocycles. The fourth-order valence-electron chi connectivity index (χ4n) is 2.35. The summed E-state index contributed by atoms with van der Waals surface area (Å²) in [6.45, 7) is 6.66. The molecule has 0 radical (unpaired) electrons. The summed E-state index contributed by atoms with van der Waals surface area (Å²) in [5.74, 6) is 0.474. The molecular weight excluding hydrogens is 342 g/mol. The fourth-order valence-corrected chi connectivity index (χ4v) is 2.35. The van der Waals surface area contributed by atoms with E-state index in [-0.39, 0.29) is 24.4 Å². The third-order valence-corrected chi connectivity index (χ3v) is 3.61. The van der Waals surface area contributed by atoms with Crippen LogP contribution >= 0.6 is 0 Å². The van der Waals surface area contributed by atoms with Gasteiger partial charge in [0, 0.05) is 29.0 Å². The molecule has 0 atom stereocenters. The second kappa shape index (κ2) is 10.2. The molecule has 27 heavy (non-hydrogen) atoms. The first-order chi connectivity index (χ1) is 13.0.